The van der Waals surface area contributed by atoms with Crippen molar-refractivity contribution in [3.8, 4) is 0 Å². The van der Waals surface area contributed by atoms with Gasteiger partial charge in [-0.3, -0.25) is 9.89 Å². The normalized spacial score (nSPS) is 20.9. The molecule has 5 amide bonds. The minimum atomic E-state index is -4.63. The number of anilines is 1. The lowest BCUT2D eigenvalue weighted by Crippen LogP contribution is -2.57. The Morgan fingerprint density at radius 2 is 1.59 bits per heavy atom. The number of carbonyl (C=O) groups is 3. The quantitative estimate of drug-likeness (QED) is 0.320. The molecule has 5 heterocycles. The molecule has 0 saturated carbocycles. The predicted molar refractivity (Wildman–Crippen MR) is 187 cm³/mol. The number of hydrogen-bond donors (Lipinski definition) is 3. The summed E-state index contributed by atoms with van der Waals surface area (Å²) in [5, 5.41) is 12.5. The summed E-state index contributed by atoms with van der Waals surface area (Å²) >= 11 is 0. The molecule has 14 heteroatoms. The molecule has 0 radical (unpaired) electrons. The van der Waals surface area contributed by atoms with E-state index in [0.717, 1.165) is 62.5 Å². The fourth-order valence-corrected chi connectivity index (χ4v) is 8.57. The van der Waals surface area contributed by atoms with Gasteiger partial charge in [-0.2, -0.15) is 18.3 Å². The van der Waals surface area contributed by atoms with Crippen LogP contribution in [0.15, 0.2) is 42.6 Å². The van der Waals surface area contributed by atoms with Crippen molar-refractivity contribution in [1.29, 1.82) is 0 Å². The number of rotatable bonds is 6. The molecule has 1 aromatic heterocycles. The summed E-state index contributed by atoms with van der Waals surface area (Å²) in [6.45, 7) is 4.62. The molecular formula is C37H47F3N8O3. The van der Waals surface area contributed by atoms with Crippen LogP contribution >= 0.6 is 0 Å². The average molecular weight is 709 g/mol. The van der Waals surface area contributed by atoms with Gasteiger partial charge < -0.3 is 30.2 Å². The Balaban J connectivity index is 1.03. The van der Waals surface area contributed by atoms with Gasteiger partial charge in [0.25, 0.3) is 0 Å². The van der Waals surface area contributed by atoms with E-state index in [0.29, 0.717) is 68.4 Å². The number of H-pyrrole nitrogens is 1. The van der Waals surface area contributed by atoms with Gasteiger partial charge in [0.05, 0.1) is 17.3 Å². The van der Waals surface area contributed by atoms with Crippen LogP contribution < -0.4 is 10.6 Å². The topological polar surface area (TPSA) is 117 Å². The van der Waals surface area contributed by atoms with E-state index in [9.17, 15) is 27.6 Å². The van der Waals surface area contributed by atoms with Gasteiger partial charge >= 0.3 is 18.2 Å². The van der Waals surface area contributed by atoms with Crippen molar-refractivity contribution in [2.45, 2.75) is 69.6 Å². The average Bonchev–Trinajstić information content (AvgIpc) is 3.53. The summed E-state index contributed by atoms with van der Waals surface area (Å²) < 4.78 is 42.2. The third-order valence-corrected chi connectivity index (χ3v) is 11.6. The number of benzene rings is 2. The number of amides is 5. The number of para-hydroxylation sites is 1. The van der Waals surface area contributed by atoms with Crippen molar-refractivity contribution in [3.05, 3.63) is 59.3 Å². The summed E-state index contributed by atoms with van der Waals surface area (Å²) in [6.07, 6.45) is 2.56. The van der Waals surface area contributed by atoms with Crippen LogP contribution in [0, 0.1) is 11.8 Å². The maximum atomic E-state index is 14.2. The summed E-state index contributed by atoms with van der Waals surface area (Å²) in [4.78, 5) is 48.7. The van der Waals surface area contributed by atoms with E-state index in [2.05, 4.69) is 32.8 Å². The van der Waals surface area contributed by atoms with Gasteiger partial charge in [-0.1, -0.05) is 18.2 Å². The number of nitrogens with one attached hydrogen (secondary N) is 3. The zero-order valence-corrected chi connectivity index (χ0v) is 29.1. The fraction of sp³-hybridized carbons (Fsp3) is 0.568. The number of nitrogens with zero attached hydrogens (tertiary/aromatic N) is 5. The largest absolute Gasteiger partial charge is 0.418 e. The molecule has 3 fully saturated rings. The van der Waals surface area contributed by atoms with Crippen LogP contribution in [-0.2, 0) is 23.8 Å². The standard InChI is InChI=1S/C37H47F3N8O3/c1-45-13-6-25(7-14-45)26-8-15-46(16-9-26)34(49)32(22-24-20-28-23-41-44-33(28)30(21-24)37(38,39)40)43-35(50)47-17-11-29(12-18-47)48-19-10-27-4-2-3-5-31(27)42-36(48)51/h2-5,20-21,23,25-26,29,32H,6-19,22H2,1H3,(H,41,44)(H,42,51)(H,43,50). The Morgan fingerprint density at radius 1 is 0.922 bits per heavy atom. The fourth-order valence-electron chi connectivity index (χ4n) is 8.57. The minimum absolute atomic E-state index is 0.0471. The highest BCUT2D eigenvalue weighted by Crippen LogP contribution is 2.36. The number of piperidine rings is 3. The molecule has 2 aromatic carbocycles. The number of aromatic nitrogens is 2. The number of alkyl halides is 3. The highest BCUT2D eigenvalue weighted by molar-refractivity contribution is 5.91. The van der Waals surface area contributed by atoms with Gasteiger partial charge in [-0.25, -0.2) is 9.59 Å². The highest BCUT2D eigenvalue weighted by atomic mass is 19.4. The number of fused-ring (bicyclic) bond motifs is 2. The summed E-state index contributed by atoms with van der Waals surface area (Å²) in [6, 6.07) is 8.74. The lowest BCUT2D eigenvalue weighted by atomic mass is 9.79. The molecular weight excluding hydrogens is 661 g/mol. The van der Waals surface area contributed by atoms with E-state index in [4.69, 9.17) is 0 Å². The van der Waals surface area contributed by atoms with Gasteiger partial charge in [0, 0.05) is 56.3 Å². The Labute approximate surface area is 295 Å². The number of hydrogen-bond acceptors (Lipinski definition) is 5. The van der Waals surface area contributed by atoms with Crippen LogP contribution in [-0.4, -0.2) is 113 Å². The molecule has 0 aliphatic carbocycles. The first kappa shape index (κ1) is 35.1. The third kappa shape index (κ3) is 7.80. The molecule has 4 aliphatic heterocycles. The van der Waals surface area contributed by atoms with Gasteiger partial charge in [0.2, 0.25) is 5.91 Å². The number of carbonyl (C=O) groups excluding carboxylic acids is 3. The molecule has 0 spiro atoms. The molecule has 0 bridgehead atoms. The van der Waals surface area contributed by atoms with Gasteiger partial charge in [-0.05, 0) is 106 Å². The van der Waals surface area contributed by atoms with Gasteiger partial charge in [0.15, 0.2) is 0 Å². The van der Waals surface area contributed by atoms with Crippen LogP contribution in [0.3, 0.4) is 0 Å². The molecule has 51 heavy (non-hydrogen) atoms. The van der Waals surface area contributed by atoms with Crippen LogP contribution in [0.4, 0.5) is 28.4 Å². The Bertz CT molecular complexity index is 1720. The van der Waals surface area contributed by atoms with Crippen molar-refractivity contribution in [2.75, 3.05) is 58.2 Å². The Hall–Kier alpha value is -4.33. The van der Waals surface area contributed by atoms with Gasteiger partial charge in [0.1, 0.15) is 6.04 Å². The second-order valence-corrected chi connectivity index (χ2v) is 14.7. The highest BCUT2D eigenvalue weighted by Gasteiger charge is 2.37. The van der Waals surface area contributed by atoms with E-state index < -0.39 is 23.8 Å². The van der Waals surface area contributed by atoms with Crippen molar-refractivity contribution < 1.29 is 27.6 Å². The molecule has 3 saturated heterocycles. The van der Waals surface area contributed by atoms with E-state index in [1.165, 1.54) is 6.20 Å². The monoisotopic (exact) mass is 708 g/mol. The SMILES string of the molecule is CN1CCC(C2CCN(C(=O)C(Cc3cc(C(F)(F)F)c4[nH]ncc4c3)NC(=O)N3CCC(N4CCc5ccccc5NC4=O)CC3)CC2)CC1. The number of likely N-dealkylation sites (tertiary alicyclic amines) is 3. The van der Waals surface area contributed by atoms with Crippen LogP contribution in [0.2, 0.25) is 0 Å². The maximum absolute atomic E-state index is 14.2. The summed E-state index contributed by atoms with van der Waals surface area (Å²) in [5.41, 5.74) is 1.23. The summed E-state index contributed by atoms with van der Waals surface area (Å²) in [5.74, 6) is 0.896. The minimum Gasteiger partial charge on any atom is -0.341 e. The molecule has 274 valence electrons. The maximum Gasteiger partial charge on any atom is 0.418 e. The van der Waals surface area contributed by atoms with Crippen LogP contribution in [0.25, 0.3) is 10.9 Å². The van der Waals surface area contributed by atoms with Crippen LogP contribution in [0.1, 0.15) is 55.2 Å². The first-order chi connectivity index (χ1) is 24.5. The second kappa shape index (κ2) is 14.7. The first-order valence-corrected chi connectivity index (χ1v) is 18.2. The third-order valence-electron chi connectivity index (χ3n) is 11.6. The molecule has 11 nitrogen and oxygen atoms in total. The summed E-state index contributed by atoms with van der Waals surface area (Å²) in [7, 11) is 2.14. The van der Waals surface area contributed by atoms with Crippen molar-refractivity contribution in [1.82, 2.24) is 35.1 Å². The second-order valence-electron chi connectivity index (χ2n) is 14.7. The van der Waals surface area contributed by atoms with Crippen LogP contribution in [0.5, 0.6) is 0 Å². The molecule has 7 rings (SSSR count). The van der Waals surface area contributed by atoms with E-state index in [-0.39, 0.29) is 29.9 Å². The first-order valence-electron chi connectivity index (χ1n) is 18.2. The molecule has 3 N–H and O–H groups in total. The van der Waals surface area contributed by atoms with E-state index >= 15 is 0 Å². The van der Waals surface area contributed by atoms with E-state index in [1.807, 2.05) is 29.2 Å². The number of aromatic amines is 1. The molecule has 1 atom stereocenters. The van der Waals surface area contributed by atoms with Crippen molar-refractivity contribution in [2.24, 2.45) is 11.8 Å². The Morgan fingerprint density at radius 3 is 2.29 bits per heavy atom. The van der Waals surface area contributed by atoms with E-state index in [1.54, 1.807) is 15.9 Å². The Kier molecular flexibility index (Phi) is 10.1. The number of halogens is 3. The zero-order valence-electron chi connectivity index (χ0n) is 29.1. The van der Waals surface area contributed by atoms with Gasteiger partial charge in [-0.15, -0.1) is 0 Å². The molecule has 1 unspecified atom stereocenters. The zero-order chi connectivity index (χ0) is 35.7. The lowest BCUT2D eigenvalue weighted by Gasteiger charge is -2.41. The number of urea groups is 2. The molecule has 4 aliphatic rings. The van der Waals surface area contributed by atoms with Crippen molar-refractivity contribution >= 4 is 34.6 Å². The predicted octanol–water partition coefficient (Wildman–Crippen LogP) is 5.34. The lowest BCUT2D eigenvalue weighted by molar-refractivity contribution is -0.136. The van der Waals surface area contributed by atoms with Crippen molar-refractivity contribution in [3.63, 3.8) is 0 Å². The molecule has 3 aromatic rings. The smallest absolute Gasteiger partial charge is 0.341 e.